The zero-order valence-electron chi connectivity index (χ0n) is 9.92. The first-order valence-corrected chi connectivity index (χ1v) is 6.55. The van der Waals surface area contributed by atoms with Crippen LogP contribution in [0.1, 0.15) is 11.4 Å². The van der Waals surface area contributed by atoms with E-state index < -0.39 is 0 Å². The van der Waals surface area contributed by atoms with Gasteiger partial charge in [0.05, 0.1) is 5.39 Å². The van der Waals surface area contributed by atoms with Gasteiger partial charge < -0.3 is 5.32 Å². The van der Waals surface area contributed by atoms with E-state index in [0.29, 0.717) is 0 Å². The Bertz CT molecular complexity index is 663. The molecule has 0 aliphatic rings. The van der Waals surface area contributed by atoms with Crippen LogP contribution in [0.2, 0.25) is 0 Å². The molecule has 3 rings (SSSR count). The lowest BCUT2D eigenvalue weighted by Crippen LogP contribution is -2.01. The molecule has 3 aromatic heterocycles. The summed E-state index contributed by atoms with van der Waals surface area (Å²) in [6.45, 7) is 0. The van der Waals surface area contributed by atoms with Gasteiger partial charge in [0.25, 0.3) is 0 Å². The van der Waals surface area contributed by atoms with Gasteiger partial charge >= 0.3 is 0 Å². The van der Waals surface area contributed by atoms with Crippen molar-refractivity contribution in [1.29, 1.82) is 0 Å². The van der Waals surface area contributed by atoms with Crippen molar-refractivity contribution >= 4 is 27.4 Å². The van der Waals surface area contributed by atoms with Crippen molar-refractivity contribution in [2.24, 2.45) is 0 Å². The summed E-state index contributed by atoms with van der Waals surface area (Å²) in [7, 11) is 1.88. The number of nitrogens with one attached hydrogen (secondary N) is 1. The van der Waals surface area contributed by atoms with Gasteiger partial charge in [0, 0.05) is 25.9 Å². The van der Waals surface area contributed by atoms with Crippen molar-refractivity contribution < 1.29 is 0 Å². The number of thiophene rings is 1. The van der Waals surface area contributed by atoms with Crippen LogP contribution in [0.3, 0.4) is 0 Å². The predicted molar refractivity (Wildman–Crippen MR) is 74.0 cm³/mol. The number of pyridine rings is 1. The quantitative estimate of drug-likeness (QED) is 0.783. The van der Waals surface area contributed by atoms with Crippen LogP contribution in [-0.2, 0) is 6.42 Å². The highest BCUT2D eigenvalue weighted by molar-refractivity contribution is 7.16. The maximum Gasteiger partial charge on any atom is 0.138 e. The Morgan fingerprint density at radius 3 is 2.78 bits per heavy atom. The molecule has 0 radical (unpaired) electrons. The number of aromatic nitrogens is 3. The molecule has 5 heteroatoms. The number of anilines is 1. The van der Waals surface area contributed by atoms with Gasteiger partial charge in [-0.1, -0.05) is 0 Å². The van der Waals surface area contributed by atoms with Crippen molar-refractivity contribution in [3.05, 3.63) is 47.4 Å². The Kier molecular flexibility index (Phi) is 2.90. The molecule has 0 unspecified atom stereocenters. The van der Waals surface area contributed by atoms with E-state index in [-0.39, 0.29) is 0 Å². The second-order valence-corrected chi connectivity index (χ2v) is 4.80. The summed E-state index contributed by atoms with van der Waals surface area (Å²) in [6.07, 6.45) is 4.31. The molecule has 0 atom stereocenters. The van der Waals surface area contributed by atoms with Crippen molar-refractivity contribution in [2.75, 3.05) is 12.4 Å². The van der Waals surface area contributed by atoms with E-state index >= 15 is 0 Å². The molecular formula is C13H12N4S. The molecule has 0 amide bonds. The van der Waals surface area contributed by atoms with Crippen molar-refractivity contribution in [3.63, 3.8) is 0 Å². The van der Waals surface area contributed by atoms with Gasteiger partial charge in [-0.2, -0.15) is 0 Å². The second-order valence-electron chi connectivity index (χ2n) is 3.91. The summed E-state index contributed by atoms with van der Waals surface area (Å²) in [4.78, 5) is 14.2. The van der Waals surface area contributed by atoms with Crippen LogP contribution in [0.5, 0.6) is 0 Å². The summed E-state index contributed by atoms with van der Waals surface area (Å²) in [5.41, 5.74) is 1.17. The topological polar surface area (TPSA) is 50.7 Å². The van der Waals surface area contributed by atoms with Crippen LogP contribution in [0.25, 0.3) is 10.2 Å². The molecule has 18 heavy (non-hydrogen) atoms. The van der Waals surface area contributed by atoms with Crippen LogP contribution in [0, 0.1) is 0 Å². The van der Waals surface area contributed by atoms with Gasteiger partial charge in [0.15, 0.2) is 0 Å². The molecule has 0 aromatic carbocycles. The van der Waals surface area contributed by atoms with E-state index in [1.807, 2.05) is 30.6 Å². The molecule has 90 valence electrons. The molecule has 3 heterocycles. The van der Waals surface area contributed by atoms with Crippen LogP contribution in [0.15, 0.2) is 36.0 Å². The third-order valence-electron chi connectivity index (χ3n) is 2.72. The molecule has 4 nitrogen and oxygen atoms in total. The molecule has 0 aliphatic carbocycles. The van der Waals surface area contributed by atoms with Crippen LogP contribution in [-0.4, -0.2) is 22.0 Å². The van der Waals surface area contributed by atoms with Gasteiger partial charge in [-0.05, 0) is 29.1 Å². The summed E-state index contributed by atoms with van der Waals surface area (Å²) in [5, 5.41) is 6.25. The van der Waals surface area contributed by atoms with Gasteiger partial charge in [0.1, 0.15) is 16.5 Å². The molecule has 3 aromatic rings. The number of rotatable bonds is 3. The molecule has 0 aliphatic heterocycles. The monoisotopic (exact) mass is 256 g/mol. The van der Waals surface area contributed by atoms with Crippen LogP contribution in [0.4, 0.5) is 5.82 Å². The highest BCUT2D eigenvalue weighted by atomic mass is 32.1. The third kappa shape index (κ3) is 2.04. The lowest BCUT2D eigenvalue weighted by atomic mass is 10.2. The minimum atomic E-state index is 0.727. The molecule has 0 spiro atoms. The number of nitrogens with zero attached hydrogens (tertiary/aromatic N) is 3. The van der Waals surface area contributed by atoms with Gasteiger partial charge in [-0.15, -0.1) is 11.3 Å². The molecule has 1 N–H and O–H groups in total. The largest absolute Gasteiger partial charge is 0.372 e. The number of fused-ring (bicyclic) bond motifs is 1. The lowest BCUT2D eigenvalue weighted by molar-refractivity contribution is 0.993. The Balaban J connectivity index is 2.02. The minimum Gasteiger partial charge on any atom is -0.372 e. The molecular weight excluding hydrogens is 244 g/mol. The predicted octanol–water partition coefficient (Wildman–Crippen LogP) is 2.72. The first-order valence-electron chi connectivity index (χ1n) is 5.67. The SMILES string of the molecule is CNc1nc(Cc2ccncc2)nc2sccc12. The van der Waals surface area contributed by atoms with E-state index in [1.165, 1.54) is 5.56 Å². The van der Waals surface area contributed by atoms with Crippen LogP contribution < -0.4 is 5.32 Å². The molecule has 0 bridgehead atoms. The Labute approximate surface area is 109 Å². The molecule has 0 saturated carbocycles. The third-order valence-corrected chi connectivity index (χ3v) is 3.53. The zero-order valence-corrected chi connectivity index (χ0v) is 10.7. The summed E-state index contributed by atoms with van der Waals surface area (Å²) < 4.78 is 0. The van der Waals surface area contributed by atoms with Gasteiger partial charge in [0.2, 0.25) is 0 Å². The van der Waals surface area contributed by atoms with E-state index in [9.17, 15) is 0 Å². The van der Waals surface area contributed by atoms with Gasteiger partial charge in [-0.3, -0.25) is 4.98 Å². The standard InChI is InChI=1S/C13H12N4S/c1-14-12-10-4-7-18-13(10)17-11(16-12)8-9-2-5-15-6-3-9/h2-7H,8H2,1H3,(H,14,16,17). The fourth-order valence-electron chi connectivity index (χ4n) is 1.85. The Hall–Kier alpha value is -2.01. The normalized spacial score (nSPS) is 10.7. The smallest absolute Gasteiger partial charge is 0.138 e. The van der Waals surface area contributed by atoms with Crippen molar-refractivity contribution in [2.45, 2.75) is 6.42 Å². The number of hydrogen-bond donors (Lipinski definition) is 1. The number of hydrogen-bond acceptors (Lipinski definition) is 5. The fourth-order valence-corrected chi connectivity index (χ4v) is 2.64. The highest BCUT2D eigenvalue weighted by Gasteiger charge is 2.08. The summed E-state index contributed by atoms with van der Waals surface area (Å²) in [5.74, 6) is 1.73. The van der Waals surface area contributed by atoms with E-state index in [0.717, 1.165) is 28.3 Å². The zero-order chi connectivity index (χ0) is 12.4. The van der Waals surface area contributed by atoms with E-state index in [2.05, 4.69) is 20.3 Å². The maximum atomic E-state index is 4.59. The Morgan fingerprint density at radius 2 is 2.00 bits per heavy atom. The molecule has 0 saturated heterocycles. The fraction of sp³-hybridized carbons (Fsp3) is 0.154. The lowest BCUT2D eigenvalue weighted by Gasteiger charge is -2.05. The van der Waals surface area contributed by atoms with Crippen molar-refractivity contribution in [3.8, 4) is 0 Å². The second kappa shape index (κ2) is 4.70. The Morgan fingerprint density at radius 1 is 1.17 bits per heavy atom. The maximum absolute atomic E-state index is 4.59. The van der Waals surface area contributed by atoms with Crippen LogP contribution >= 0.6 is 11.3 Å². The first-order chi connectivity index (χ1) is 8.86. The average molecular weight is 256 g/mol. The molecule has 0 fully saturated rings. The summed E-state index contributed by atoms with van der Waals surface area (Å²) >= 11 is 1.64. The van der Waals surface area contributed by atoms with E-state index in [4.69, 9.17) is 0 Å². The van der Waals surface area contributed by atoms with E-state index in [1.54, 1.807) is 23.7 Å². The average Bonchev–Trinajstić information content (AvgIpc) is 2.87. The van der Waals surface area contributed by atoms with Crippen molar-refractivity contribution in [1.82, 2.24) is 15.0 Å². The minimum absolute atomic E-state index is 0.727. The highest BCUT2D eigenvalue weighted by Crippen LogP contribution is 2.25. The summed E-state index contributed by atoms with van der Waals surface area (Å²) in [6, 6.07) is 6.02. The first kappa shape index (κ1) is 11.1. The van der Waals surface area contributed by atoms with Gasteiger partial charge in [-0.25, -0.2) is 9.97 Å².